The van der Waals surface area contributed by atoms with Crippen LogP contribution in [0, 0.1) is 12.3 Å². The molecule has 0 amide bonds. The van der Waals surface area contributed by atoms with Crippen LogP contribution in [0.25, 0.3) is 0 Å². The molecule has 1 aliphatic heterocycles. The average Bonchev–Trinajstić information content (AvgIpc) is 2.94. The van der Waals surface area contributed by atoms with E-state index in [1.807, 2.05) is 0 Å². The minimum absolute atomic E-state index is 0.249. The average molecular weight is 188 g/mol. The lowest BCUT2D eigenvalue weighted by Crippen LogP contribution is -2.34. The van der Waals surface area contributed by atoms with Crippen LogP contribution in [0.5, 0.6) is 0 Å². The molecule has 1 heterocycles. The summed E-state index contributed by atoms with van der Waals surface area (Å²) >= 11 is 0. The molecule has 2 heteroatoms. The molecule has 1 atom stereocenters. The predicted octanol–water partition coefficient (Wildman–Crippen LogP) is 2.20. The smallest absolute Gasteiger partial charge is 0.0389 e. The molecular weight excluding hydrogens is 172 g/mol. The van der Waals surface area contributed by atoms with Crippen LogP contribution < -0.4 is 11.1 Å². The zero-order valence-electron chi connectivity index (χ0n) is 8.51. The molecule has 1 spiro atoms. The summed E-state index contributed by atoms with van der Waals surface area (Å²) in [5.41, 5.74) is 10.6. The molecule has 1 fully saturated rings. The standard InChI is InChI=1S/C12H16N2/c1-8-2-3-10-9(6-8)11(13)12(4-5-12)7-14-10/h2-3,6,11,14H,4-5,7,13H2,1H3. The molecule has 0 bridgehead atoms. The molecule has 2 nitrogen and oxygen atoms in total. The number of nitrogens with two attached hydrogens (primary N) is 1. The Kier molecular flexibility index (Phi) is 1.49. The number of nitrogens with one attached hydrogen (secondary N) is 1. The second-order valence-electron chi connectivity index (χ2n) is 4.78. The van der Waals surface area contributed by atoms with Crippen molar-refractivity contribution in [3.63, 3.8) is 0 Å². The van der Waals surface area contributed by atoms with E-state index in [-0.39, 0.29) is 6.04 Å². The summed E-state index contributed by atoms with van der Waals surface area (Å²) < 4.78 is 0. The SMILES string of the molecule is Cc1ccc2c(c1)C(N)C1(CC1)CN2. The molecule has 0 saturated heterocycles. The lowest BCUT2D eigenvalue weighted by Gasteiger charge is -2.32. The summed E-state index contributed by atoms with van der Waals surface area (Å²) in [7, 11) is 0. The lowest BCUT2D eigenvalue weighted by molar-refractivity contribution is 0.418. The second kappa shape index (κ2) is 2.51. The molecule has 1 aliphatic carbocycles. The lowest BCUT2D eigenvalue weighted by atomic mass is 9.85. The number of aryl methyl sites for hydroxylation is 1. The van der Waals surface area contributed by atoms with Crippen LogP contribution in [0.15, 0.2) is 18.2 Å². The number of benzene rings is 1. The topological polar surface area (TPSA) is 38.0 Å². The molecule has 1 unspecified atom stereocenters. The van der Waals surface area contributed by atoms with Gasteiger partial charge in [-0.05, 0) is 31.4 Å². The van der Waals surface area contributed by atoms with E-state index in [9.17, 15) is 0 Å². The van der Waals surface area contributed by atoms with Gasteiger partial charge in [0.1, 0.15) is 0 Å². The monoisotopic (exact) mass is 188 g/mol. The van der Waals surface area contributed by atoms with Crippen LogP contribution in [-0.4, -0.2) is 6.54 Å². The van der Waals surface area contributed by atoms with Crippen LogP contribution in [-0.2, 0) is 0 Å². The number of fused-ring (bicyclic) bond motifs is 1. The van der Waals surface area contributed by atoms with Gasteiger partial charge in [0.2, 0.25) is 0 Å². The van der Waals surface area contributed by atoms with Crippen molar-refractivity contribution in [2.75, 3.05) is 11.9 Å². The van der Waals surface area contributed by atoms with Crippen LogP contribution in [0.3, 0.4) is 0 Å². The largest absolute Gasteiger partial charge is 0.384 e. The Morgan fingerprint density at radius 3 is 2.93 bits per heavy atom. The van der Waals surface area contributed by atoms with Gasteiger partial charge >= 0.3 is 0 Å². The summed E-state index contributed by atoms with van der Waals surface area (Å²) in [5.74, 6) is 0. The summed E-state index contributed by atoms with van der Waals surface area (Å²) in [6.45, 7) is 3.19. The van der Waals surface area contributed by atoms with E-state index in [1.54, 1.807) is 0 Å². The van der Waals surface area contributed by atoms with Crippen LogP contribution in [0.1, 0.15) is 30.0 Å². The van der Waals surface area contributed by atoms with Crippen LogP contribution in [0.2, 0.25) is 0 Å². The Bertz CT molecular complexity index is 380. The number of hydrogen-bond donors (Lipinski definition) is 2. The number of hydrogen-bond acceptors (Lipinski definition) is 2. The Morgan fingerprint density at radius 1 is 1.43 bits per heavy atom. The molecule has 0 radical (unpaired) electrons. The van der Waals surface area contributed by atoms with Crippen molar-refractivity contribution in [3.05, 3.63) is 29.3 Å². The van der Waals surface area contributed by atoms with Gasteiger partial charge in [0.15, 0.2) is 0 Å². The normalized spacial score (nSPS) is 26.9. The van der Waals surface area contributed by atoms with E-state index in [2.05, 4.69) is 30.4 Å². The second-order valence-corrected chi connectivity index (χ2v) is 4.78. The minimum atomic E-state index is 0.249. The van der Waals surface area contributed by atoms with Gasteiger partial charge < -0.3 is 11.1 Å². The fourth-order valence-corrected chi connectivity index (χ4v) is 2.46. The van der Waals surface area contributed by atoms with Crippen molar-refractivity contribution >= 4 is 5.69 Å². The molecule has 1 aromatic carbocycles. The molecular formula is C12H16N2. The predicted molar refractivity (Wildman–Crippen MR) is 58.3 cm³/mol. The molecule has 1 saturated carbocycles. The van der Waals surface area contributed by atoms with Gasteiger partial charge in [-0.1, -0.05) is 17.7 Å². The quantitative estimate of drug-likeness (QED) is 0.655. The van der Waals surface area contributed by atoms with Gasteiger partial charge in [-0.2, -0.15) is 0 Å². The van der Waals surface area contributed by atoms with Crippen molar-refractivity contribution in [1.82, 2.24) is 0 Å². The zero-order valence-corrected chi connectivity index (χ0v) is 8.51. The maximum Gasteiger partial charge on any atom is 0.0389 e. The first kappa shape index (κ1) is 8.30. The Morgan fingerprint density at radius 2 is 2.21 bits per heavy atom. The highest BCUT2D eigenvalue weighted by molar-refractivity contribution is 5.57. The minimum Gasteiger partial charge on any atom is -0.384 e. The third-order valence-electron chi connectivity index (χ3n) is 3.72. The first-order valence-electron chi connectivity index (χ1n) is 5.31. The fraction of sp³-hybridized carbons (Fsp3) is 0.500. The Hall–Kier alpha value is -1.02. The Labute approximate surface area is 84.5 Å². The first-order valence-corrected chi connectivity index (χ1v) is 5.31. The van der Waals surface area contributed by atoms with Gasteiger partial charge in [0.25, 0.3) is 0 Å². The highest BCUT2D eigenvalue weighted by Crippen LogP contribution is 2.57. The van der Waals surface area contributed by atoms with E-state index in [1.165, 1.54) is 29.7 Å². The molecule has 1 aromatic rings. The van der Waals surface area contributed by atoms with Gasteiger partial charge in [0, 0.05) is 23.7 Å². The highest BCUT2D eigenvalue weighted by Gasteiger charge is 2.50. The first-order chi connectivity index (χ1) is 6.71. The summed E-state index contributed by atoms with van der Waals surface area (Å²) in [6.07, 6.45) is 2.57. The van der Waals surface area contributed by atoms with Crippen molar-refractivity contribution in [2.45, 2.75) is 25.8 Å². The molecule has 74 valence electrons. The fourth-order valence-electron chi connectivity index (χ4n) is 2.46. The molecule has 0 aromatic heterocycles. The highest BCUT2D eigenvalue weighted by atomic mass is 15.0. The van der Waals surface area contributed by atoms with E-state index in [0.717, 1.165) is 6.54 Å². The van der Waals surface area contributed by atoms with Gasteiger partial charge in [0.05, 0.1) is 0 Å². The van der Waals surface area contributed by atoms with Crippen molar-refractivity contribution < 1.29 is 0 Å². The Balaban J connectivity index is 2.09. The third-order valence-corrected chi connectivity index (χ3v) is 3.72. The molecule has 3 rings (SSSR count). The van der Waals surface area contributed by atoms with Gasteiger partial charge in [-0.15, -0.1) is 0 Å². The van der Waals surface area contributed by atoms with E-state index >= 15 is 0 Å². The number of anilines is 1. The van der Waals surface area contributed by atoms with Crippen molar-refractivity contribution in [1.29, 1.82) is 0 Å². The van der Waals surface area contributed by atoms with E-state index in [4.69, 9.17) is 5.73 Å². The maximum atomic E-state index is 6.32. The molecule has 3 N–H and O–H groups in total. The number of rotatable bonds is 0. The van der Waals surface area contributed by atoms with E-state index in [0.29, 0.717) is 5.41 Å². The maximum absolute atomic E-state index is 6.32. The third kappa shape index (κ3) is 1.01. The molecule has 2 aliphatic rings. The van der Waals surface area contributed by atoms with Crippen LogP contribution >= 0.6 is 0 Å². The summed E-state index contributed by atoms with van der Waals surface area (Å²) in [4.78, 5) is 0. The van der Waals surface area contributed by atoms with Crippen molar-refractivity contribution in [2.24, 2.45) is 11.1 Å². The zero-order chi connectivity index (χ0) is 9.76. The summed E-state index contributed by atoms with van der Waals surface area (Å²) in [5, 5.41) is 3.49. The molecule has 14 heavy (non-hydrogen) atoms. The van der Waals surface area contributed by atoms with E-state index < -0.39 is 0 Å². The summed E-state index contributed by atoms with van der Waals surface area (Å²) in [6, 6.07) is 6.77. The van der Waals surface area contributed by atoms with Gasteiger partial charge in [-0.25, -0.2) is 0 Å². The van der Waals surface area contributed by atoms with Crippen molar-refractivity contribution in [3.8, 4) is 0 Å². The van der Waals surface area contributed by atoms with Crippen LogP contribution in [0.4, 0.5) is 5.69 Å². The van der Waals surface area contributed by atoms with Gasteiger partial charge in [-0.3, -0.25) is 0 Å².